The fourth-order valence-corrected chi connectivity index (χ4v) is 5.88. The van der Waals surface area contributed by atoms with Crippen LogP contribution in [-0.4, -0.2) is 45.2 Å². The molecule has 8 heteroatoms. The SMILES string of the molecule is O=C(Cc1ccc(S(=O)(=O)CC2CC2)cc1)Nc1ccc(C(=O)N(c2ccccc2)C2COC2)cc1. The van der Waals surface area contributed by atoms with E-state index in [4.69, 9.17) is 4.74 Å². The second kappa shape index (κ2) is 10.2. The molecule has 5 rings (SSSR count). The van der Waals surface area contributed by atoms with Crippen molar-refractivity contribution in [2.75, 3.05) is 29.2 Å². The maximum Gasteiger partial charge on any atom is 0.258 e. The van der Waals surface area contributed by atoms with Crippen LogP contribution >= 0.6 is 0 Å². The van der Waals surface area contributed by atoms with Crippen molar-refractivity contribution in [2.45, 2.75) is 30.2 Å². The van der Waals surface area contributed by atoms with Gasteiger partial charge in [-0.2, -0.15) is 0 Å². The molecule has 2 amide bonds. The van der Waals surface area contributed by atoms with Crippen molar-refractivity contribution in [1.29, 1.82) is 0 Å². The predicted octanol–water partition coefficient (Wildman–Crippen LogP) is 4.10. The number of carbonyl (C=O) groups is 2. The summed E-state index contributed by atoms with van der Waals surface area (Å²) in [5.74, 6) is 0.142. The van der Waals surface area contributed by atoms with Gasteiger partial charge in [-0.05, 0) is 72.9 Å². The molecule has 2 aliphatic rings. The van der Waals surface area contributed by atoms with Crippen LogP contribution in [0.5, 0.6) is 0 Å². The van der Waals surface area contributed by atoms with Gasteiger partial charge in [-0.15, -0.1) is 0 Å². The maximum absolute atomic E-state index is 13.3. The molecule has 1 aliphatic carbocycles. The number of ether oxygens (including phenoxy) is 1. The molecule has 7 nitrogen and oxygen atoms in total. The number of para-hydroxylation sites is 1. The molecule has 0 spiro atoms. The number of benzene rings is 3. The van der Waals surface area contributed by atoms with E-state index >= 15 is 0 Å². The number of carbonyl (C=O) groups excluding carboxylic acids is 2. The molecule has 0 bridgehead atoms. The highest BCUT2D eigenvalue weighted by molar-refractivity contribution is 7.91. The molecule has 1 aliphatic heterocycles. The summed E-state index contributed by atoms with van der Waals surface area (Å²) in [5.41, 5.74) is 2.65. The van der Waals surface area contributed by atoms with Gasteiger partial charge in [-0.1, -0.05) is 30.3 Å². The third-order valence-electron chi connectivity index (χ3n) is 6.45. The summed E-state index contributed by atoms with van der Waals surface area (Å²) in [4.78, 5) is 27.9. The van der Waals surface area contributed by atoms with Gasteiger partial charge in [0.15, 0.2) is 9.84 Å². The minimum absolute atomic E-state index is 0.00522. The number of amides is 2. The van der Waals surface area contributed by atoms with Crippen LogP contribution in [0.3, 0.4) is 0 Å². The summed E-state index contributed by atoms with van der Waals surface area (Å²) in [5, 5.41) is 2.84. The average molecular weight is 505 g/mol. The third-order valence-corrected chi connectivity index (χ3v) is 8.35. The smallest absolute Gasteiger partial charge is 0.258 e. The van der Waals surface area contributed by atoms with Crippen LogP contribution < -0.4 is 10.2 Å². The Hall–Kier alpha value is -3.49. The summed E-state index contributed by atoms with van der Waals surface area (Å²) in [6, 6.07) is 22.8. The number of hydrogen-bond donors (Lipinski definition) is 1. The standard InChI is InChI=1S/C28H28N2O5S/c31-27(16-20-8-14-26(15-9-20)36(33,34)19-21-6-7-21)29-23-12-10-22(11-13-23)28(32)30(25-17-35-18-25)24-4-2-1-3-5-24/h1-5,8-15,21,25H,6-7,16-19H2,(H,29,31). The van der Waals surface area contributed by atoms with Crippen molar-refractivity contribution < 1.29 is 22.7 Å². The predicted molar refractivity (Wildman–Crippen MR) is 138 cm³/mol. The number of sulfone groups is 1. The molecule has 0 aromatic heterocycles. The molecule has 36 heavy (non-hydrogen) atoms. The zero-order valence-electron chi connectivity index (χ0n) is 19.8. The zero-order chi connectivity index (χ0) is 25.1. The summed E-state index contributed by atoms with van der Waals surface area (Å²) < 4.78 is 30.1. The number of anilines is 2. The Morgan fingerprint density at radius 3 is 2.14 bits per heavy atom. The molecule has 3 aromatic carbocycles. The minimum atomic E-state index is -3.27. The van der Waals surface area contributed by atoms with Crippen LogP contribution in [0, 0.1) is 5.92 Å². The molecule has 1 N–H and O–H groups in total. The average Bonchev–Trinajstić information content (AvgIpc) is 3.65. The first kappa shape index (κ1) is 24.2. The van der Waals surface area contributed by atoms with Crippen molar-refractivity contribution in [3.05, 3.63) is 90.0 Å². The van der Waals surface area contributed by atoms with Crippen LogP contribution in [0.15, 0.2) is 83.8 Å². The summed E-state index contributed by atoms with van der Waals surface area (Å²) in [6.45, 7) is 1.00. The van der Waals surface area contributed by atoms with Gasteiger partial charge in [0.05, 0.1) is 36.3 Å². The Kier molecular flexibility index (Phi) is 6.89. The number of hydrogen-bond acceptors (Lipinski definition) is 5. The first-order valence-corrected chi connectivity index (χ1v) is 13.7. The lowest BCUT2D eigenvalue weighted by Gasteiger charge is -2.37. The first-order chi connectivity index (χ1) is 17.4. The van der Waals surface area contributed by atoms with E-state index in [1.54, 1.807) is 53.4 Å². The molecule has 186 valence electrons. The van der Waals surface area contributed by atoms with Gasteiger partial charge in [0.2, 0.25) is 5.91 Å². The molecular formula is C28H28N2O5S. The molecular weight excluding hydrogens is 476 g/mol. The molecule has 2 fully saturated rings. The molecule has 1 saturated heterocycles. The largest absolute Gasteiger partial charge is 0.377 e. The van der Waals surface area contributed by atoms with E-state index in [0.717, 1.165) is 24.1 Å². The summed E-state index contributed by atoms with van der Waals surface area (Å²) in [7, 11) is -3.27. The van der Waals surface area contributed by atoms with Gasteiger partial charge in [-0.3, -0.25) is 9.59 Å². The van der Waals surface area contributed by atoms with Crippen LogP contribution in [-0.2, 0) is 25.8 Å². The minimum Gasteiger partial charge on any atom is -0.377 e. The quantitative estimate of drug-likeness (QED) is 0.474. The van der Waals surface area contributed by atoms with E-state index in [1.165, 1.54) is 0 Å². The number of nitrogens with zero attached hydrogens (tertiary/aromatic N) is 1. The fraction of sp³-hybridized carbons (Fsp3) is 0.286. The van der Waals surface area contributed by atoms with Gasteiger partial charge in [0, 0.05) is 16.9 Å². The Morgan fingerprint density at radius 1 is 0.889 bits per heavy atom. The maximum atomic E-state index is 13.3. The number of rotatable bonds is 9. The molecule has 0 unspecified atom stereocenters. The van der Waals surface area contributed by atoms with Gasteiger partial charge < -0.3 is 15.0 Å². The normalized spacial score (nSPS) is 15.7. The molecule has 1 heterocycles. The van der Waals surface area contributed by atoms with E-state index in [9.17, 15) is 18.0 Å². The number of nitrogens with one attached hydrogen (secondary N) is 1. The van der Waals surface area contributed by atoms with Crippen molar-refractivity contribution in [3.63, 3.8) is 0 Å². The zero-order valence-corrected chi connectivity index (χ0v) is 20.6. The topological polar surface area (TPSA) is 92.8 Å². The van der Waals surface area contributed by atoms with Crippen molar-refractivity contribution in [1.82, 2.24) is 0 Å². The van der Waals surface area contributed by atoms with E-state index in [-0.39, 0.29) is 35.9 Å². The highest BCUT2D eigenvalue weighted by atomic mass is 32.2. The van der Waals surface area contributed by atoms with Crippen LogP contribution in [0.2, 0.25) is 0 Å². The second-order valence-electron chi connectivity index (χ2n) is 9.37. The highest BCUT2D eigenvalue weighted by Gasteiger charge is 2.32. The molecule has 0 radical (unpaired) electrons. The lowest BCUT2D eigenvalue weighted by Crippen LogP contribution is -2.52. The fourth-order valence-electron chi connectivity index (χ4n) is 4.19. The molecule has 1 saturated carbocycles. The third kappa shape index (κ3) is 5.66. The Labute approximate surface area is 211 Å². The lowest BCUT2D eigenvalue weighted by molar-refractivity contribution is -0.115. The molecule has 3 aromatic rings. The van der Waals surface area contributed by atoms with E-state index in [2.05, 4.69) is 5.32 Å². The highest BCUT2D eigenvalue weighted by Crippen LogP contribution is 2.32. The lowest BCUT2D eigenvalue weighted by atomic mass is 10.1. The van der Waals surface area contributed by atoms with Crippen LogP contribution in [0.1, 0.15) is 28.8 Å². The van der Waals surface area contributed by atoms with E-state index in [1.807, 2.05) is 30.3 Å². The first-order valence-electron chi connectivity index (χ1n) is 12.1. The van der Waals surface area contributed by atoms with Crippen molar-refractivity contribution >= 4 is 33.0 Å². The Balaban J connectivity index is 1.20. The Morgan fingerprint density at radius 2 is 1.56 bits per heavy atom. The van der Waals surface area contributed by atoms with Crippen LogP contribution in [0.4, 0.5) is 11.4 Å². The van der Waals surface area contributed by atoms with E-state index < -0.39 is 9.84 Å². The monoisotopic (exact) mass is 504 g/mol. The van der Waals surface area contributed by atoms with Crippen LogP contribution in [0.25, 0.3) is 0 Å². The summed E-state index contributed by atoms with van der Waals surface area (Å²) >= 11 is 0. The van der Waals surface area contributed by atoms with Crippen molar-refractivity contribution in [2.24, 2.45) is 5.92 Å². The van der Waals surface area contributed by atoms with Gasteiger partial charge in [0.25, 0.3) is 5.91 Å². The van der Waals surface area contributed by atoms with Crippen molar-refractivity contribution in [3.8, 4) is 0 Å². The summed E-state index contributed by atoms with van der Waals surface area (Å²) in [6.07, 6.45) is 2.08. The van der Waals surface area contributed by atoms with Gasteiger partial charge >= 0.3 is 0 Å². The Bertz CT molecular complexity index is 1330. The molecule has 0 atom stereocenters. The van der Waals surface area contributed by atoms with Gasteiger partial charge in [0.1, 0.15) is 0 Å². The second-order valence-corrected chi connectivity index (χ2v) is 11.4. The van der Waals surface area contributed by atoms with Gasteiger partial charge in [-0.25, -0.2) is 8.42 Å². The van der Waals surface area contributed by atoms with E-state index in [0.29, 0.717) is 29.4 Å².